The number of para-hydroxylation sites is 1. The van der Waals surface area contributed by atoms with Crippen LogP contribution in [0.3, 0.4) is 0 Å². The van der Waals surface area contributed by atoms with E-state index < -0.39 is 0 Å². The molecule has 1 amide bonds. The number of carbonyl (C=O) groups excluding carboxylic acids is 2. The first-order chi connectivity index (χ1) is 16.3. The minimum absolute atomic E-state index is 0.341. The monoisotopic (exact) mass is 482 g/mol. The number of rotatable bonds is 6. The summed E-state index contributed by atoms with van der Waals surface area (Å²) in [5.74, 6) is 0. The van der Waals surface area contributed by atoms with Crippen LogP contribution in [-0.4, -0.2) is 62.4 Å². The van der Waals surface area contributed by atoms with Crippen LogP contribution in [0.2, 0.25) is 5.02 Å². The highest BCUT2D eigenvalue weighted by molar-refractivity contribution is 6.31. The summed E-state index contributed by atoms with van der Waals surface area (Å²) in [6.45, 7) is 9.40. The molecule has 3 aromatic rings. The number of nitrogens with zero attached hydrogens (tertiary/aromatic N) is 3. The molecule has 1 aromatic heterocycles. The Morgan fingerprint density at radius 2 is 1.82 bits per heavy atom. The molecule has 182 valence electrons. The molecule has 1 aliphatic heterocycles. The van der Waals surface area contributed by atoms with E-state index in [0.717, 1.165) is 59.2 Å². The quantitative estimate of drug-likeness (QED) is 0.406. The number of nitrogens with one attached hydrogen (secondary N) is 1. The molecule has 0 unspecified atom stereocenters. The van der Waals surface area contributed by atoms with Gasteiger partial charge in [-0.25, -0.2) is 0 Å². The number of allylic oxidation sites excluding steroid dienone is 1. The molecule has 34 heavy (non-hydrogen) atoms. The van der Waals surface area contributed by atoms with Crippen molar-refractivity contribution in [1.82, 2.24) is 14.8 Å². The average molecular weight is 483 g/mol. The number of aromatic nitrogens is 1. The molecule has 1 fully saturated rings. The molecule has 0 radical (unpaired) electrons. The third-order valence-electron chi connectivity index (χ3n) is 5.66. The summed E-state index contributed by atoms with van der Waals surface area (Å²) in [4.78, 5) is 24.9. The number of benzene rings is 2. The van der Waals surface area contributed by atoms with E-state index in [9.17, 15) is 9.59 Å². The van der Waals surface area contributed by atoms with E-state index in [0.29, 0.717) is 17.6 Å². The summed E-state index contributed by atoms with van der Waals surface area (Å²) in [7, 11) is 5.98. The number of aldehydes is 1. The number of fused-ring (bicyclic) bond motifs is 1. The van der Waals surface area contributed by atoms with Gasteiger partial charge in [0.05, 0.1) is 6.54 Å². The summed E-state index contributed by atoms with van der Waals surface area (Å²) in [6.07, 6.45) is 3.57. The molecule has 2 heterocycles. The minimum Gasteiger partial charge on any atom is -0.377 e. The van der Waals surface area contributed by atoms with Crippen LogP contribution in [-0.2, 0) is 16.1 Å². The maximum Gasteiger partial charge on any atom is 0.209 e. The van der Waals surface area contributed by atoms with Gasteiger partial charge >= 0.3 is 0 Å². The topological polar surface area (TPSA) is 57.6 Å². The van der Waals surface area contributed by atoms with Crippen molar-refractivity contribution < 1.29 is 9.59 Å². The number of carbonyl (C=O) groups is 2. The predicted octanol–water partition coefficient (Wildman–Crippen LogP) is 4.77. The first-order valence-corrected chi connectivity index (χ1v) is 11.6. The first kappa shape index (κ1) is 27.2. The summed E-state index contributed by atoms with van der Waals surface area (Å²) in [5, 5.41) is 4.84. The van der Waals surface area contributed by atoms with Crippen LogP contribution in [0.25, 0.3) is 22.0 Å². The molecule has 2 aromatic carbocycles. The normalized spacial score (nSPS) is 12.6. The van der Waals surface area contributed by atoms with Gasteiger partial charge in [0.15, 0.2) is 0 Å². The SMILES string of the molecule is C=CC.CNC1CN(C=O)C1.Cc1c(-c2ccccc2N(C)C)c2cc(Cl)ccc2n1CC=O. The number of likely N-dealkylation sites (tertiary alicyclic amines) is 1. The van der Waals surface area contributed by atoms with Crippen molar-refractivity contribution in [2.24, 2.45) is 0 Å². The van der Waals surface area contributed by atoms with Crippen LogP contribution >= 0.6 is 11.6 Å². The largest absolute Gasteiger partial charge is 0.377 e. The Kier molecular flexibility index (Phi) is 10.4. The van der Waals surface area contributed by atoms with Crippen LogP contribution in [0.15, 0.2) is 55.1 Å². The van der Waals surface area contributed by atoms with E-state index in [-0.39, 0.29) is 0 Å². The highest BCUT2D eigenvalue weighted by atomic mass is 35.5. The Labute approximate surface area is 207 Å². The van der Waals surface area contributed by atoms with Gasteiger partial charge in [0.1, 0.15) is 6.29 Å². The predicted molar refractivity (Wildman–Crippen MR) is 144 cm³/mol. The molecule has 0 atom stereocenters. The Bertz CT molecular complexity index is 1120. The van der Waals surface area contributed by atoms with Gasteiger partial charge in [-0.1, -0.05) is 35.9 Å². The second-order valence-corrected chi connectivity index (χ2v) is 8.70. The molecule has 6 nitrogen and oxygen atoms in total. The summed E-state index contributed by atoms with van der Waals surface area (Å²) >= 11 is 6.23. The molecule has 1 aliphatic rings. The van der Waals surface area contributed by atoms with Crippen LogP contribution in [0.1, 0.15) is 12.6 Å². The third kappa shape index (κ3) is 6.27. The lowest BCUT2D eigenvalue weighted by Gasteiger charge is -2.35. The van der Waals surface area contributed by atoms with E-state index in [2.05, 4.69) is 35.9 Å². The summed E-state index contributed by atoms with van der Waals surface area (Å²) in [6, 6.07) is 14.7. The van der Waals surface area contributed by atoms with Gasteiger partial charge in [-0.05, 0) is 45.2 Å². The van der Waals surface area contributed by atoms with Crippen LogP contribution in [0, 0.1) is 6.92 Å². The molecule has 1 saturated heterocycles. The number of amides is 1. The molecule has 0 spiro atoms. The molecule has 4 rings (SSSR count). The number of likely N-dealkylation sites (N-methyl/N-ethyl adjacent to an activating group) is 1. The molecule has 0 bridgehead atoms. The average Bonchev–Trinajstić information content (AvgIpc) is 3.05. The Morgan fingerprint density at radius 3 is 2.38 bits per heavy atom. The van der Waals surface area contributed by atoms with Crippen molar-refractivity contribution in [1.29, 1.82) is 0 Å². The van der Waals surface area contributed by atoms with Crippen molar-refractivity contribution in [3.05, 3.63) is 65.8 Å². The Hall–Kier alpha value is -3.09. The maximum atomic E-state index is 11.1. The van der Waals surface area contributed by atoms with Gasteiger partial charge in [0, 0.05) is 71.7 Å². The number of hydrogen-bond donors (Lipinski definition) is 1. The van der Waals surface area contributed by atoms with Gasteiger partial charge in [-0.2, -0.15) is 0 Å². The van der Waals surface area contributed by atoms with E-state index in [1.165, 1.54) is 0 Å². The zero-order valence-corrected chi connectivity index (χ0v) is 21.5. The molecular formula is C27H35ClN4O2. The highest BCUT2D eigenvalue weighted by Gasteiger charge is 2.22. The number of anilines is 1. The lowest BCUT2D eigenvalue weighted by molar-refractivity contribution is -0.122. The Morgan fingerprint density at radius 1 is 1.18 bits per heavy atom. The molecule has 0 aliphatic carbocycles. The van der Waals surface area contributed by atoms with Gasteiger partial charge in [0.2, 0.25) is 6.41 Å². The van der Waals surface area contributed by atoms with Crippen LogP contribution < -0.4 is 10.2 Å². The van der Waals surface area contributed by atoms with E-state index in [1.807, 2.05) is 63.0 Å². The third-order valence-corrected chi connectivity index (χ3v) is 5.90. The maximum absolute atomic E-state index is 11.1. The van der Waals surface area contributed by atoms with Crippen molar-refractivity contribution in [2.75, 3.05) is 39.1 Å². The van der Waals surface area contributed by atoms with Gasteiger partial charge in [0.25, 0.3) is 0 Å². The molecule has 7 heteroatoms. The second kappa shape index (κ2) is 13.0. The fourth-order valence-corrected chi connectivity index (χ4v) is 4.13. The van der Waals surface area contributed by atoms with Crippen molar-refractivity contribution >= 4 is 40.9 Å². The zero-order chi connectivity index (χ0) is 25.3. The van der Waals surface area contributed by atoms with Gasteiger partial charge in [-0.15, -0.1) is 6.58 Å². The smallest absolute Gasteiger partial charge is 0.209 e. The van der Waals surface area contributed by atoms with E-state index >= 15 is 0 Å². The molecule has 1 N–H and O–H groups in total. The number of halogens is 1. The first-order valence-electron chi connectivity index (χ1n) is 11.2. The lowest BCUT2D eigenvalue weighted by atomic mass is 10.00. The fourth-order valence-electron chi connectivity index (χ4n) is 3.96. The van der Waals surface area contributed by atoms with Crippen molar-refractivity contribution in [2.45, 2.75) is 26.4 Å². The zero-order valence-electron chi connectivity index (χ0n) is 20.7. The van der Waals surface area contributed by atoms with E-state index in [4.69, 9.17) is 11.6 Å². The van der Waals surface area contributed by atoms with Crippen LogP contribution in [0.5, 0.6) is 0 Å². The number of hydrogen-bond acceptors (Lipinski definition) is 4. The van der Waals surface area contributed by atoms with Gasteiger partial charge < -0.3 is 24.5 Å². The second-order valence-electron chi connectivity index (χ2n) is 8.26. The summed E-state index contributed by atoms with van der Waals surface area (Å²) in [5.41, 5.74) is 5.52. The lowest BCUT2D eigenvalue weighted by Crippen LogP contribution is -2.56. The van der Waals surface area contributed by atoms with Crippen molar-refractivity contribution in [3.8, 4) is 11.1 Å². The van der Waals surface area contributed by atoms with Gasteiger partial charge in [-0.3, -0.25) is 4.79 Å². The van der Waals surface area contributed by atoms with Crippen molar-refractivity contribution in [3.63, 3.8) is 0 Å². The standard InChI is InChI=1S/C19H19ClN2O.C5H10N2O.C3H6/c1-13-19(15-6-4-5-7-17(15)21(2)3)16-12-14(20)8-9-18(16)22(13)10-11-23;1-6-5-2-7(3-5)4-8;1-3-2/h4-9,11-12H,10H2,1-3H3;4-6H,2-3H2,1H3;3H,1H2,2H3. The van der Waals surface area contributed by atoms with E-state index in [1.54, 1.807) is 11.0 Å². The minimum atomic E-state index is 0.341. The van der Waals surface area contributed by atoms with Crippen LogP contribution in [0.4, 0.5) is 5.69 Å². The highest BCUT2D eigenvalue weighted by Crippen LogP contribution is 2.40. The fraction of sp³-hybridized carbons (Fsp3) is 0.333. The molecular weight excluding hydrogens is 448 g/mol. The summed E-state index contributed by atoms with van der Waals surface area (Å²) < 4.78 is 2.04. The molecule has 0 saturated carbocycles. The Balaban J connectivity index is 0.000000309.